The summed E-state index contributed by atoms with van der Waals surface area (Å²) in [6, 6.07) is 0.178. The van der Waals surface area contributed by atoms with E-state index in [9.17, 15) is 4.79 Å². The predicted molar refractivity (Wildman–Crippen MR) is 54.3 cm³/mol. The van der Waals surface area contributed by atoms with Crippen LogP contribution in [-0.4, -0.2) is 14.8 Å². The molecule has 1 heterocycles. The van der Waals surface area contributed by atoms with Gasteiger partial charge in [-0.25, -0.2) is 9.89 Å². The standard InChI is InChI=1S/C10H15N3O/c1-7(2)13-9(11-12-10(13)14)8-5-3-4-6-8/h3-4,7-8H,5-6H2,1-2H3,(H,12,14). The Morgan fingerprint density at radius 1 is 1.50 bits per heavy atom. The molecule has 0 bridgehead atoms. The number of hydrogen-bond acceptors (Lipinski definition) is 2. The summed E-state index contributed by atoms with van der Waals surface area (Å²) in [7, 11) is 0. The van der Waals surface area contributed by atoms with Crippen molar-refractivity contribution in [3.63, 3.8) is 0 Å². The summed E-state index contributed by atoms with van der Waals surface area (Å²) in [5.41, 5.74) is -0.0955. The van der Waals surface area contributed by atoms with Crippen LogP contribution in [0.3, 0.4) is 0 Å². The van der Waals surface area contributed by atoms with Gasteiger partial charge in [-0.15, -0.1) is 0 Å². The summed E-state index contributed by atoms with van der Waals surface area (Å²) >= 11 is 0. The molecule has 4 heteroatoms. The lowest BCUT2D eigenvalue weighted by atomic mass is 10.1. The Morgan fingerprint density at radius 3 is 2.71 bits per heavy atom. The van der Waals surface area contributed by atoms with Crippen LogP contribution in [0.5, 0.6) is 0 Å². The lowest BCUT2D eigenvalue weighted by molar-refractivity contribution is 0.522. The lowest BCUT2D eigenvalue weighted by Crippen LogP contribution is -2.21. The van der Waals surface area contributed by atoms with E-state index >= 15 is 0 Å². The average molecular weight is 193 g/mol. The van der Waals surface area contributed by atoms with Crippen molar-refractivity contribution in [2.75, 3.05) is 0 Å². The van der Waals surface area contributed by atoms with Crippen LogP contribution in [0.4, 0.5) is 0 Å². The summed E-state index contributed by atoms with van der Waals surface area (Å²) in [5.74, 6) is 1.28. The van der Waals surface area contributed by atoms with Crippen molar-refractivity contribution in [3.8, 4) is 0 Å². The molecule has 0 saturated carbocycles. The van der Waals surface area contributed by atoms with Crippen LogP contribution in [0.25, 0.3) is 0 Å². The largest absolute Gasteiger partial charge is 0.343 e. The van der Waals surface area contributed by atoms with E-state index in [0.29, 0.717) is 5.92 Å². The Labute approximate surface area is 82.6 Å². The number of nitrogens with zero attached hydrogens (tertiary/aromatic N) is 2. The molecule has 0 amide bonds. The number of H-pyrrole nitrogens is 1. The molecule has 1 aromatic rings. The van der Waals surface area contributed by atoms with Crippen LogP contribution in [0.2, 0.25) is 0 Å². The number of aromatic amines is 1. The number of allylic oxidation sites excluding steroid dienone is 2. The van der Waals surface area contributed by atoms with Gasteiger partial charge < -0.3 is 0 Å². The fraction of sp³-hybridized carbons (Fsp3) is 0.600. The van der Waals surface area contributed by atoms with Crippen molar-refractivity contribution in [3.05, 3.63) is 28.5 Å². The van der Waals surface area contributed by atoms with Gasteiger partial charge in [-0.3, -0.25) is 4.57 Å². The van der Waals surface area contributed by atoms with Crippen molar-refractivity contribution < 1.29 is 0 Å². The maximum Gasteiger partial charge on any atom is 0.343 e. The monoisotopic (exact) mass is 193 g/mol. The summed E-state index contributed by atoms with van der Waals surface area (Å²) in [6.45, 7) is 4.01. The first-order valence-electron chi connectivity index (χ1n) is 5.02. The van der Waals surface area contributed by atoms with E-state index in [1.165, 1.54) is 0 Å². The zero-order valence-corrected chi connectivity index (χ0v) is 8.53. The van der Waals surface area contributed by atoms with Crippen LogP contribution in [0.15, 0.2) is 16.9 Å². The number of nitrogens with one attached hydrogen (secondary N) is 1. The fourth-order valence-electron chi connectivity index (χ4n) is 1.93. The fourth-order valence-corrected chi connectivity index (χ4v) is 1.93. The van der Waals surface area contributed by atoms with E-state index in [-0.39, 0.29) is 11.7 Å². The normalized spacial score (nSPS) is 17.1. The minimum absolute atomic E-state index is 0.0955. The van der Waals surface area contributed by atoms with E-state index < -0.39 is 0 Å². The Balaban J connectivity index is 2.38. The molecule has 0 spiro atoms. The van der Waals surface area contributed by atoms with Gasteiger partial charge in [0.05, 0.1) is 0 Å². The number of aromatic nitrogens is 3. The highest BCUT2D eigenvalue weighted by molar-refractivity contribution is 5.09. The Bertz CT molecular complexity index is 392. The summed E-state index contributed by atoms with van der Waals surface area (Å²) in [6.07, 6.45) is 6.29. The molecule has 0 radical (unpaired) electrons. The SMILES string of the molecule is CC(C)n1c(C2CC=CC2)n[nH]c1=O. The quantitative estimate of drug-likeness (QED) is 0.725. The minimum atomic E-state index is -0.0955. The van der Waals surface area contributed by atoms with Crippen LogP contribution in [-0.2, 0) is 0 Å². The van der Waals surface area contributed by atoms with E-state index in [1.807, 2.05) is 13.8 Å². The van der Waals surface area contributed by atoms with Gasteiger partial charge in [0, 0.05) is 12.0 Å². The van der Waals surface area contributed by atoms with Crippen molar-refractivity contribution in [1.82, 2.24) is 14.8 Å². The molecule has 0 aromatic carbocycles. The lowest BCUT2D eigenvalue weighted by Gasteiger charge is -2.13. The van der Waals surface area contributed by atoms with Crippen molar-refractivity contribution in [2.24, 2.45) is 0 Å². The third-order valence-corrected chi connectivity index (χ3v) is 2.62. The van der Waals surface area contributed by atoms with Crippen LogP contribution < -0.4 is 5.69 Å². The second kappa shape index (κ2) is 3.44. The Kier molecular flexibility index (Phi) is 2.27. The summed E-state index contributed by atoms with van der Waals surface area (Å²) in [4.78, 5) is 11.5. The highest BCUT2D eigenvalue weighted by atomic mass is 16.1. The molecule has 14 heavy (non-hydrogen) atoms. The molecule has 4 nitrogen and oxygen atoms in total. The highest BCUT2D eigenvalue weighted by Crippen LogP contribution is 2.27. The van der Waals surface area contributed by atoms with E-state index in [1.54, 1.807) is 4.57 Å². The topological polar surface area (TPSA) is 50.7 Å². The third-order valence-electron chi connectivity index (χ3n) is 2.62. The first-order chi connectivity index (χ1) is 6.70. The summed E-state index contributed by atoms with van der Waals surface area (Å²) < 4.78 is 1.75. The molecule has 0 aliphatic heterocycles. The molecule has 0 unspecified atom stereocenters. The zero-order chi connectivity index (χ0) is 10.1. The molecule has 1 N–H and O–H groups in total. The number of rotatable bonds is 2. The van der Waals surface area contributed by atoms with Crippen molar-refractivity contribution in [1.29, 1.82) is 0 Å². The molecule has 0 fully saturated rings. The van der Waals surface area contributed by atoms with Gasteiger partial charge in [0.2, 0.25) is 0 Å². The van der Waals surface area contributed by atoms with Crippen molar-refractivity contribution in [2.45, 2.75) is 38.6 Å². The molecule has 0 saturated heterocycles. The molecule has 2 rings (SSSR count). The molecule has 0 atom stereocenters. The van der Waals surface area contributed by atoms with Crippen LogP contribution in [0.1, 0.15) is 44.5 Å². The Hall–Kier alpha value is -1.32. The van der Waals surface area contributed by atoms with E-state index in [2.05, 4.69) is 22.3 Å². The van der Waals surface area contributed by atoms with Crippen LogP contribution in [0, 0.1) is 0 Å². The second-order valence-electron chi connectivity index (χ2n) is 3.99. The molecule has 1 aliphatic carbocycles. The molecule has 1 aromatic heterocycles. The van der Waals surface area contributed by atoms with Gasteiger partial charge in [-0.2, -0.15) is 5.10 Å². The van der Waals surface area contributed by atoms with Crippen molar-refractivity contribution >= 4 is 0 Å². The zero-order valence-electron chi connectivity index (χ0n) is 8.53. The van der Waals surface area contributed by atoms with Gasteiger partial charge >= 0.3 is 5.69 Å². The predicted octanol–water partition coefficient (Wildman–Crippen LogP) is 1.59. The third kappa shape index (κ3) is 1.41. The molecular formula is C10H15N3O. The number of hydrogen-bond donors (Lipinski definition) is 1. The summed E-state index contributed by atoms with van der Waals surface area (Å²) in [5, 5.41) is 6.63. The van der Waals surface area contributed by atoms with Gasteiger partial charge in [0.1, 0.15) is 5.82 Å². The van der Waals surface area contributed by atoms with Gasteiger partial charge in [-0.05, 0) is 26.7 Å². The smallest absolute Gasteiger partial charge is 0.276 e. The first kappa shape index (κ1) is 9.24. The van der Waals surface area contributed by atoms with Gasteiger partial charge in [0.15, 0.2) is 0 Å². The molecule has 1 aliphatic rings. The van der Waals surface area contributed by atoms with Gasteiger partial charge in [-0.1, -0.05) is 12.2 Å². The van der Waals surface area contributed by atoms with E-state index in [4.69, 9.17) is 0 Å². The maximum atomic E-state index is 11.5. The average Bonchev–Trinajstić information content (AvgIpc) is 2.70. The van der Waals surface area contributed by atoms with E-state index in [0.717, 1.165) is 18.7 Å². The first-order valence-corrected chi connectivity index (χ1v) is 5.02. The maximum absolute atomic E-state index is 11.5. The second-order valence-corrected chi connectivity index (χ2v) is 3.99. The highest BCUT2D eigenvalue weighted by Gasteiger charge is 2.21. The molecular weight excluding hydrogens is 178 g/mol. The Morgan fingerprint density at radius 2 is 2.14 bits per heavy atom. The van der Waals surface area contributed by atoms with Gasteiger partial charge in [0.25, 0.3) is 0 Å². The van der Waals surface area contributed by atoms with Crippen LogP contribution >= 0.6 is 0 Å². The minimum Gasteiger partial charge on any atom is -0.276 e. The molecule has 76 valence electrons.